The van der Waals surface area contributed by atoms with Crippen molar-refractivity contribution in [2.45, 2.75) is 76.3 Å². The van der Waals surface area contributed by atoms with Crippen LogP contribution >= 0.6 is 22.6 Å². The second-order valence-corrected chi connectivity index (χ2v) is 14.8. The molecule has 9 nitrogen and oxygen atoms in total. The number of fused-ring (bicyclic) bond motifs is 2. The van der Waals surface area contributed by atoms with Gasteiger partial charge in [0.2, 0.25) is 5.95 Å². The van der Waals surface area contributed by atoms with E-state index in [9.17, 15) is 9.35 Å². The van der Waals surface area contributed by atoms with Crippen molar-refractivity contribution in [3.63, 3.8) is 0 Å². The van der Waals surface area contributed by atoms with Crippen molar-refractivity contribution in [2.75, 3.05) is 24.6 Å². The zero-order valence-corrected chi connectivity index (χ0v) is 25.1. The third-order valence-corrected chi connectivity index (χ3v) is 10.6. The summed E-state index contributed by atoms with van der Waals surface area (Å²) in [6.07, 6.45) is 5.58. The fraction of sp³-hybridized carbons (Fsp3) is 0.593. The van der Waals surface area contributed by atoms with E-state index in [0.717, 1.165) is 51.6 Å². The first-order valence-corrected chi connectivity index (χ1v) is 15.7. The minimum atomic E-state index is -1.17. The highest BCUT2D eigenvalue weighted by Crippen LogP contribution is 2.52. The largest absolute Gasteiger partial charge is 0.598 e. The molecule has 2 fully saturated rings. The Hall–Kier alpha value is -1.67. The van der Waals surface area contributed by atoms with Crippen LogP contribution < -0.4 is 15.2 Å². The van der Waals surface area contributed by atoms with Crippen molar-refractivity contribution >= 4 is 50.9 Å². The molecule has 3 aliphatic rings. The number of hydrogen-bond donors (Lipinski definition) is 2. The summed E-state index contributed by atoms with van der Waals surface area (Å²) in [5.74, 6) is 0.587. The van der Waals surface area contributed by atoms with Crippen molar-refractivity contribution < 1.29 is 9.29 Å². The topological polar surface area (TPSA) is 111 Å². The number of H-pyrrole nitrogens is 1. The number of nitrogens with zero attached hydrogens (tertiary/aromatic N) is 4. The predicted molar refractivity (Wildman–Crippen MR) is 158 cm³/mol. The van der Waals surface area contributed by atoms with Crippen molar-refractivity contribution in [2.24, 2.45) is 5.41 Å². The molecule has 0 bridgehead atoms. The molecule has 204 valence electrons. The van der Waals surface area contributed by atoms with Crippen LogP contribution in [-0.4, -0.2) is 48.7 Å². The van der Waals surface area contributed by atoms with Crippen LogP contribution in [0.2, 0.25) is 0 Å². The molecule has 3 atom stereocenters. The van der Waals surface area contributed by atoms with E-state index >= 15 is 0 Å². The summed E-state index contributed by atoms with van der Waals surface area (Å²) in [4.78, 5) is 23.3. The van der Waals surface area contributed by atoms with E-state index in [-0.39, 0.29) is 28.0 Å². The van der Waals surface area contributed by atoms with Crippen molar-refractivity contribution in [1.29, 1.82) is 0 Å². The monoisotopic (exact) mass is 650 g/mol. The second kappa shape index (κ2) is 10.1. The van der Waals surface area contributed by atoms with Crippen LogP contribution in [0.1, 0.15) is 76.3 Å². The Balaban J connectivity index is 1.28. The Labute approximate surface area is 239 Å². The number of rotatable bonds is 4. The van der Waals surface area contributed by atoms with Gasteiger partial charge in [0.25, 0.3) is 5.56 Å². The molecule has 2 aromatic heterocycles. The quantitative estimate of drug-likeness (QED) is 0.319. The van der Waals surface area contributed by atoms with Gasteiger partial charge in [-0.2, -0.15) is 10.1 Å². The smallest absolute Gasteiger partial charge is 0.264 e. The van der Waals surface area contributed by atoms with E-state index in [1.807, 2.05) is 20.8 Å². The van der Waals surface area contributed by atoms with Gasteiger partial charge in [-0.25, -0.2) is 4.68 Å². The molecule has 0 amide bonds. The summed E-state index contributed by atoms with van der Waals surface area (Å²) in [6, 6.07) is 8.58. The Morgan fingerprint density at radius 3 is 2.71 bits per heavy atom. The summed E-state index contributed by atoms with van der Waals surface area (Å²) >= 11 is 0.938. The molecule has 1 spiro atoms. The normalized spacial score (nSPS) is 24.2. The van der Waals surface area contributed by atoms with Crippen LogP contribution in [0.3, 0.4) is 0 Å². The van der Waals surface area contributed by atoms with Gasteiger partial charge in [-0.15, -0.1) is 4.72 Å². The lowest BCUT2D eigenvalue weighted by Gasteiger charge is -2.44. The van der Waals surface area contributed by atoms with Gasteiger partial charge in [-0.1, -0.05) is 24.3 Å². The van der Waals surface area contributed by atoms with Crippen LogP contribution in [0.4, 0.5) is 5.95 Å². The van der Waals surface area contributed by atoms with Crippen molar-refractivity contribution in [1.82, 2.24) is 24.5 Å². The van der Waals surface area contributed by atoms with E-state index < -0.39 is 11.4 Å². The summed E-state index contributed by atoms with van der Waals surface area (Å²) in [7, 11) is 0. The van der Waals surface area contributed by atoms with Crippen LogP contribution in [0.15, 0.2) is 29.1 Å². The number of ether oxygens (including phenoxy) is 1. The summed E-state index contributed by atoms with van der Waals surface area (Å²) < 4.78 is 24.8. The molecular weight excluding hydrogens is 615 g/mol. The van der Waals surface area contributed by atoms with Gasteiger partial charge >= 0.3 is 0 Å². The number of nitrogens with one attached hydrogen (secondary N) is 2. The minimum absolute atomic E-state index is 0.0292. The fourth-order valence-electron chi connectivity index (χ4n) is 6.15. The molecule has 0 saturated carbocycles. The molecule has 4 heterocycles. The molecule has 6 rings (SSSR count). The molecule has 38 heavy (non-hydrogen) atoms. The van der Waals surface area contributed by atoms with E-state index in [1.165, 1.54) is 11.1 Å². The average Bonchev–Trinajstić information content (AvgIpc) is 3.39. The summed E-state index contributed by atoms with van der Waals surface area (Å²) in [6.45, 7) is 8.24. The highest BCUT2D eigenvalue weighted by atomic mass is 127. The minimum Gasteiger partial charge on any atom is -0.598 e. The lowest BCUT2D eigenvalue weighted by Crippen LogP contribution is -2.50. The van der Waals surface area contributed by atoms with Crippen LogP contribution in [0.5, 0.6) is 0 Å². The van der Waals surface area contributed by atoms with Gasteiger partial charge < -0.3 is 14.2 Å². The van der Waals surface area contributed by atoms with Gasteiger partial charge in [-0.05, 0) is 93.0 Å². The molecular formula is C27H35IN6O3S. The Bertz CT molecular complexity index is 1390. The zero-order chi connectivity index (χ0) is 26.7. The SMILES string of the molecule is CC(C)(C)[S+]([O-])N[C@@H]1c2ccccc2CC12CCN(c1nc3c(c(I)nn3C3CCCCO3)c(=O)[nH]1)CC2. The van der Waals surface area contributed by atoms with Crippen LogP contribution in [0, 0.1) is 9.12 Å². The number of hydrogen-bond acceptors (Lipinski definition) is 7. The third-order valence-electron chi connectivity index (χ3n) is 8.30. The maximum atomic E-state index is 13.2. The van der Waals surface area contributed by atoms with Gasteiger partial charge in [0.1, 0.15) is 13.8 Å². The van der Waals surface area contributed by atoms with Crippen LogP contribution in [0.25, 0.3) is 11.0 Å². The molecule has 2 unspecified atom stereocenters. The fourth-order valence-corrected chi connectivity index (χ4v) is 7.81. The number of anilines is 1. The molecule has 2 N–H and O–H groups in total. The van der Waals surface area contributed by atoms with Gasteiger partial charge in [0.05, 0.1) is 6.04 Å². The summed E-state index contributed by atoms with van der Waals surface area (Å²) in [5.41, 5.74) is 3.00. The van der Waals surface area contributed by atoms with E-state index in [2.05, 4.69) is 66.6 Å². The van der Waals surface area contributed by atoms with Gasteiger partial charge in [-0.3, -0.25) is 9.78 Å². The molecule has 2 aliphatic heterocycles. The van der Waals surface area contributed by atoms with Gasteiger partial charge in [0, 0.05) is 36.5 Å². The highest BCUT2D eigenvalue weighted by Gasteiger charge is 2.50. The van der Waals surface area contributed by atoms with Crippen molar-refractivity contribution in [3.05, 3.63) is 49.4 Å². The third kappa shape index (κ3) is 4.67. The first-order chi connectivity index (χ1) is 18.2. The molecule has 11 heteroatoms. The second-order valence-electron chi connectivity index (χ2n) is 11.8. The average molecular weight is 651 g/mol. The van der Waals surface area contributed by atoms with Gasteiger partial charge in [0.15, 0.2) is 11.9 Å². The number of aromatic nitrogens is 4. The van der Waals surface area contributed by atoms with E-state index in [1.54, 1.807) is 4.68 Å². The first-order valence-electron chi connectivity index (χ1n) is 13.5. The zero-order valence-electron chi connectivity index (χ0n) is 22.1. The lowest BCUT2D eigenvalue weighted by atomic mass is 9.73. The Morgan fingerprint density at radius 1 is 1.24 bits per heavy atom. The number of aromatic amines is 1. The Morgan fingerprint density at radius 2 is 2.00 bits per heavy atom. The molecule has 1 aliphatic carbocycles. The van der Waals surface area contributed by atoms with E-state index in [4.69, 9.17) is 9.72 Å². The predicted octanol–water partition coefficient (Wildman–Crippen LogP) is 4.36. The maximum absolute atomic E-state index is 13.2. The summed E-state index contributed by atoms with van der Waals surface area (Å²) in [5, 5.41) is 5.16. The number of halogens is 1. The maximum Gasteiger partial charge on any atom is 0.264 e. The van der Waals surface area contributed by atoms with E-state index in [0.29, 0.717) is 27.3 Å². The molecule has 2 saturated heterocycles. The number of piperidine rings is 1. The first kappa shape index (κ1) is 26.5. The lowest BCUT2D eigenvalue weighted by molar-refractivity contribution is -0.0372. The highest BCUT2D eigenvalue weighted by molar-refractivity contribution is 14.1. The van der Waals surface area contributed by atoms with Crippen molar-refractivity contribution in [3.8, 4) is 0 Å². The molecule has 3 aromatic rings. The standard InChI is InChI=1S/C27H35IN6O3S/c1-26(2,3)38(36)32-21-18-9-5-4-8-17(18)16-27(21)11-13-33(14-12-27)25-29-23-20(24(35)30-25)22(28)31-34(23)19-10-6-7-15-37-19/h4-5,8-9,19,21,32H,6-7,10-16H2,1-3H3,(H,29,30,35)/t19?,21-,38?/m1/s1. The molecule has 1 aromatic carbocycles. The number of benzene rings is 1. The molecule has 0 radical (unpaired) electrons. The Kier molecular flexibility index (Phi) is 7.03. The van der Waals surface area contributed by atoms with Crippen LogP contribution in [-0.2, 0) is 22.5 Å².